The van der Waals surface area contributed by atoms with Crippen LogP contribution in [-0.4, -0.2) is 11.1 Å². The average molecular weight is 271 g/mol. The van der Waals surface area contributed by atoms with E-state index in [4.69, 9.17) is 15.6 Å². The van der Waals surface area contributed by atoms with Crippen LogP contribution in [0.4, 0.5) is 5.69 Å². The number of nitrogens with two attached hydrogens (primary N) is 1. The molecule has 20 heavy (non-hydrogen) atoms. The Balaban J connectivity index is 2.27. The molecule has 0 radical (unpaired) electrons. The summed E-state index contributed by atoms with van der Waals surface area (Å²) >= 11 is 0. The Labute approximate surface area is 117 Å². The summed E-state index contributed by atoms with van der Waals surface area (Å²) in [6.45, 7) is 4.33. The molecule has 4 heteroatoms. The topological polar surface area (TPSA) is 72.5 Å². The minimum atomic E-state index is -1.03. The molecule has 0 aromatic heterocycles. The first-order valence-electron chi connectivity index (χ1n) is 6.29. The normalized spacial score (nSPS) is 10.3. The monoisotopic (exact) mass is 271 g/mol. The Morgan fingerprint density at radius 2 is 1.85 bits per heavy atom. The molecule has 104 valence electrons. The molecule has 0 bridgehead atoms. The van der Waals surface area contributed by atoms with Crippen LogP contribution in [0.3, 0.4) is 0 Å². The van der Waals surface area contributed by atoms with Crippen LogP contribution in [-0.2, 0) is 6.61 Å². The zero-order valence-electron chi connectivity index (χ0n) is 11.5. The summed E-state index contributed by atoms with van der Waals surface area (Å²) in [5.74, 6) is -0.735. The van der Waals surface area contributed by atoms with E-state index in [-0.39, 0.29) is 5.56 Å². The van der Waals surface area contributed by atoms with Gasteiger partial charge in [-0.3, -0.25) is 0 Å². The standard InChI is InChI=1S/C16H17NO3/c1-10-4-3-5-11(2)14(10)9-20-15-8-12(17)6-7-13(15)16(18)19/h3-8H,9,17H2,1-2H3,(H,18,19). The number of carboxylic acids is 1. The van der Waals surface area contributed by atoms with E-state index in [1.807, 2.05) is 32.0 Å². The molecule has 0 aliphatic carbocycles. The van der Waals surface area contributed by atoms with E-state index in [9.17, 15) is 4.79 Å². The second kappa shape index (κ2) is 5.65. The van der Waals surface area contributed by atoms with Crippen molar-refractivity contribution in [2.45, 2.75) is 20.5 Å². The highest BCUT2D eigenvalue weighted by Gasteiger charge is 2.12. The van der Waals surface area contributed by atoms with Crippen molar-refractivity contribution in [3.05, 3.63) is 58.7 Å². The second-order valence-electron chi connectivity index (χ2n) is 4.72. The number of aryl methyl sites for hydroxylation is 2. The van der Waals surface area contributed by atoms with Crippen molar-refractivity contribution in [2.75, 3.05) is 5.73 Å². The van der Waals surface area contributed by atoms with E-state index in [2.05, 4.69) is 0 Å². The van der Waals surface area contributed by atoms with Gasteiger partial charge in [0.15, 0.2) is 0 Å². The van der Waals surface area contributed by atoms with Gasteiger partial charge in [-0.05, 0) is 42.7 Å². The van der Waals surface area contributed by atoms with E-state index in [1.165, 1.54) is 12.1 Å². The average Bonchev–Trinajstić information content (AvgIpc) is 2.37. The predicted molar refractivity (Wildman–Crippen MR) is 78.1 cm³/mol. The molecule has 0 fully saturated rings. The SMILES string of the molecule is Cc1cccc(C)c1COc1cc(N)ccc1C(=O)O. The lowest BCUT2D eigenvalue weighted by Gasteiger charge is -2.13. The zero-order valence-corrected chi connectivity index (χ0v) is 11.5. The van der Waals surface area contributed by atoms with E-state index in [1.54, 1.807) is 6.07 Å². The summed E-state index contributed by atoms with van der Waals surface area (Å²) < 4.78 is 5.67. The maximum Gasteiger partial charge on any atom is 0.339 e. The van der Waals surface area contributed by atoms with Crippen molar-refractivity contribution in [3.63, 3.8) is 0 Å². The third kappa shape index (κ3) is 2.91. The van der Waals surface area contributed by atoms with Crippen LogP contribution >= 0.6 is 0 Å². The molecule has 2 aromatic rings. The van der Waals surface area contributed by atoms with Crippen molar-refractivity contribution in [2.24, 2.45) is 0 Å². The molecular weight excluding hydrogens is 254 g/mol. The quantitative estimate of drug-likeness (QED) is 0.838. The number of nitrogen functional groups attached to an aromatic ring is 1. The largest absolute Gasteiger partial charge is 0.488 e. The van der Waals surface area contributed by atoms with Gasteiger partial charge in [0.2, 0.25) is 0 Å². The maximum absolute atomic E-state index is 11.2. The fourth-order valence-corrected chi connectivity index (χ4v) is 2.06. The summed E-state index contributed by atoms with van der Waals surface area (Å²) in [5.41, 5.74) is 9.57. The van der Waals surface area contributed by atoms with Crippen LogP contribution in [0.25, 0.3) is 0 Å². The Hall–Kier alpha value is -2.49. The van der Waals surface area contributed by atoms with Gasteiger partial charge in [0.1, 0.15) is 17.9 Å². The van der Waals surface area contributed by atoms with Crippen molar-refractivity contribution in [3.8, 4) is 5.75 Å². The lowest BCUT2D eigenvalue weighted by Crippen LogP contribution is -2.06. The van der Waals surface area contributed by atoms with Gasteiger partial charge in [0.25, 0.3) is 0 Å². The third-order valence-corrected chi connectivity index (χ3v) is 3.25. The first-order chi connectivity index (χ1) is 9.49. The summed E-state index contributed by atoms with van der Waals surface area (Å²) in [6, 6.07) is 10.5. The van der Waals surface area contributed by atoms with Crippen molar-refractivity contribution < 1.29 is 14.6 Å². The Morgan fingerprint density at radius 1 is 1.20 bits per heavy atom. The fourth-order valence-electron chi connectivity index (χ4n) is 2.06. The highest BCUT2D eigenvalue weighted by atomic mass is 16.5. The molecule has 3 N–H and O–H groups in total. The zero-order chi connectivity index (χ0) is 14.7. The van der Waals surface area contributed by atoms with Gasteiger partial charge in [0, 0.05) is 11.8 Å². The number of rotatable bonds is 4. The Morgan fingerprint density at radius 3 is 2.45 bits per heavy atom. The smallest absolute Gasteiger partial charge is 0.339 e. The molecule has 0 saturated heterocycles. The molecule has 2 aromatic carbocycles. The van der Waals surface area contributed by atoms with Gasteiger partial charge >= 0.3 is 5.97 Å². The van der Waals surface area contributed by atoms with E-state index in [0.717, 1.165) is 16.7 Å². The first kappa shape index (κ1) is 13.9. The van der Waals surface area contributed by atoms with Gasteiger partial charge in [-0.15, -0.1) is 0 Å². The molecule has 2 rings (SSSR count). The van der Waals surface area contributed by atoms with Crippen molar-refractivity contribution in [1.82, 2.24) is 0 Å². The second-order valence-corrected chi connectivity index (χ2v) is 4.72. The number of anilines is 1. The van der Waals surface area contributed by atoms with E-state index < -0.39 is 5.97 Å². The predicted octanol–water partition coefficient (Wildman–Crippen LogP) is 3.16. The summed E-state index contributed by atoms with van der Waals surface area (Å²) in [6.07, 6.45) is 0. The molecule has 4 nitrogen and oxygen atoms in total. The molecule has 0 aliphatic heterocycles. The lowest BCUT2D eigenvalue weighted by molar-refractivity contribution is 0.0692. The third-order valence-electron chi connectivity index (χ3n) is 3.25. The Bertz CT molecular complexity index is 630. The molecule has 0 aliphatic rings. The summed E-state index contributed by atoms with van der Waals surface area (Å²) in [4.78, 5) is 11.2. The van der Waals surface area contributed by atoms with Crippen LogP contribution in [0.5, 0.6) is 5.75 Å². The van der Waals surface area contributed by atoms with Gasteiger partial charge < -0.3 is 15.6 Å². The van der Waals surface area contributed by atoms with Crippen LogP contribution in [0.1, 0.15) is 27.0 Å². The molecule has 0 atom stereocenters. The van der Waals surface area contributed by atoms with E-state index >= 15 is 0 Å². The maximum atomic E-state index is 11.2. The molecule has 0 saturated carbocycles. The van der Waals surface area contributed by atoms with Crippen LogP contribution in [0.2, 0.25) is 0 Å². The minimum Gasteiger partial charge on any atom is -0.488 e. The lowest BCUT2D eigenvalue weighted by atomic mass is 10.0. The number of ether oxygens (including phenoxy) is 1. The Kier molecular flexibility index (Phi) is 3.94. The number of hydrogen-bond donors (Lipinski definition) is 2. The number of carboxylic acid groups (broad SMARTS) is 1. The van der Waals surface area contributed by atoms with Crippen molar-refractivity contribution >= 4 is 11.7 Å². The molecular formula is C16H17NO3. The highest BCUT2D eigenvalue weighted by molar-refractivity contribution is 5.91. The first-order valence-corrected chi connectivity index (χ1v) is 6.29. The number of hydrogen-bond acceptors (Lipinski definition) is 3. The summed E-state index contributed by atoms with van der Waals surface area (Å²) in [7, 11) is 0. The molecule has 0 amide bonds. The van der Waals surface area contributed by atoms with Crippen LogP contribution < -0.4 is 10.5 Å². The van der Waals surface area contributed by atoms with Gasteiger partial charge in [0.05, 0.1) is 0 Å². The highest BCUT2D eigenvalue weighted by Crippen LogP contribution is 2.24. The van der Waals surface area contributed by atoms with Gasteiger partial charge in [-0.2, -0.15) is 0 Å². The number of benzene rings is 2. The van der Waals surface area contributed by atoms with E-state index in [0.29, 0.717) is 18.0 Å². The number of aromatic carboxylic acids is 1. The van der Waals surface area contributed by atoms with Crippen LogP contribution in [0.15, 0.2) is 36.4 Å². The molecule has 0 heterocycles. The van der Waals surface area contributed by atoms with Gasteiger partial charge in [-0.25, -0.2) is 4.79 Å². The van der Waals surface area contributed by atoms with Crippen molar-refractivity contribution in [1.29, 1.82) is 0 Å². The molecule has 0 unspecified atom stereocenters. The fraction of sp³-hybridized carbons (Fsp3) is 0.188. The number of carbonyl (C=O) groups is 1. The summed E-state index contributed by atoms with van der Waals surface area (Å²) in [5, 5.41) is 9.14. The van der Waals surface area contributed by atoms with Crippen LogP contribution in [0, 0.1) is 13.8 Å². The minimum absolute atomic E-state index is 0.116. The molecule has 0 spiro atoms. The van der Waals surface area contributed by atoms with Gasteiger partial charge in [-0.1, -0.05) is 18.2 Å².